The fourth-order valence-electron chi connectivity index (χ4n) is 6.10. The Labute approximate surface area is 193 Å². The first kappa shape index (κ1) is 22.2. The van der Waals surface area contributed by atoms with Gasteiger partial charge in [0.05, 0.1) is 31.7 Å². The molecule has 1 aromatic heterocycles. The van der Waals surface area contributed by atoms with Gasteiger partial charge in [-0.3, -0.25) is 20.1 Å². The lowest BCUT2D eigenvalue weighted by molar-refractivity contribution is -0.930. The van der Waals surface area contributed by atoms with Crippen molar-refractivity contribution in [2.75, 3.05) is 78.5 Å². The summed E-state index contributed by atoms with van der Waals surface area (Å²) in [6.45, 7) is 16.6. The summed E-state index contributed by atoms with van der Waals surface area (Å²) in [5.41, 5.74) is 2.22. The number of para-hydroxylation sites is 1. The molecule has 3 aliphatic rings. The minimum absolute atomic E-state index is 0.161. The van der Waals surface area contributed by atoms with Gasteiger partial charge in [-0.15, -0.1) is 0 Å². The highest BCUT2D eigenvalue weighted by Crippen LogP contribution is 2.31. The third-order valence-corrected chi connectivity index (χ3v) is 8.41. The van der Waals surface area contributed by atoms with Gasteiger partial charge in [0.15, 0.2) is 0 Å². The molecule has 0 radical (unpaired) electrons. The maximum Gasteiger partial charge on any atom is 0.112 e. The van der Waals surface area contributed by atoms with E-state index in [0.717, 1.165) is 38.2 Å². The van der Waals surface area contributed by atoms with Crippen LogP contribution in [0, 0.1) is 0 Å². The van der Waals surface area contributed by atoms with Crippen molar-refractivity contribution < 1.29 is 4.48 Å². The summed E-state index contributed by atoms with van der Waals surface area (Å²) in [7, 11) is 0. The van der Waals surface area contributed by atoms with Gasteiger partial charge < -0.3 is 9.80 Å². The number of piperazine rings is 2. The van der Waals surface area contributed by atoms with E-state index in [4.69, 9.17) is 4.98 Å². The summed E-state index contributed by atoms with van der Waals surface area (Å²) in [4.78, 5) is 10.2. The van der Waals surface area contributed by atoms with Gasteiger partial charge in [-0.1, -0.05) is 24.6 Å². The maximum absolute atomic E-state index is 4.82. The van der Waals surface area contributed by atoms with Crippen LogP contribution in [0.5, 0.6) is 0 Å². The van der Waals surface area contributed by atoms with E-state index in [2.05, 4.69) is 63.9 Å². The standard InChI is InChI=1S/C26H41N6/c1-2-32(17-14-30-12-6-3-7-13-30)18-15-31(16-19-32)26(22-27-10-11-29-26)24-20-23-8-4-5-9-25(23)28-21-24/h4-5,8-9,20-21,27,29H,2-3,6-7,10-19,22H2,1H3/q+1. The first-order chi connectivity index (χ1) is 15.7. The first-order valence-corrected chi connectivity index (χ1v) is 12.9. The second-order valence-corrected chi connectivity index (χ2v) is 10.1. The zero-order valence-electron chi connectivity index (χ0n) is 19.9. The van der Waals surface area contributed by atoms with Crippen molar-refractivity contribution in [3.63, 3.8) is 0 Å². The number of rotatable bonds is 6. The number of likely N-dealkylation sites (N-methyl/N-ethyl adjacent to an activating group) is 1. The largest absolute Gasteiger partial charge is 0.321 e. The van der Waals surface area contributed by atoms with Gasteiger partial charge in [0, 0.05) is 56.4 Å². The topological polar surface area (TPSA) is 43.4 Å². The zero-order chi connectivity index (χ0) is 21.9. The minimum Gasteiger partial charge on any atom is -0.321 e. The van der Waals surface area contributed by atoms with Crippen molar-refractivity contribution in [2.45, 2.75) is 31.8 Å². The van der Waals surface area contributed by atoms with Gasteiger partial charge in [0.25, 0.3) is 0 Å². The highest BCUT2D eigenvalue weighted by molar-refractivity contribution is 5.79. The van der Waals surface area contributed by atoms with Crippen molar-refractivity contribution in [1.82, 2.24) is 25.4 Å². The molecule has 1 atom stereocenters. The van der Waals surface area contributed by atoms with Gasteiger partial charge >= 0.3 is 0 Å². The number of pyridine rings is 1. The van der Waals surface area contributed by atoms with Crippen LogP contribution in [0.3, 0.4) is 0 Å². The summed E-state index contributed by atoms with van der Waals surface area (Å²) < 4.78 is 1.27. The second kappa shape index (κ2) is 9.74. The van der Waals surface area contributed by atoms with Crippen LogP contribution < -0.4 is 10.6 Å². The molecular weight excluding hydrogens is 396 g/mol. The number of fused-ring (bicyclic) bond motifs is 1. The van der Waals surface area contributed by atoms with E-state index < -0.39 is 0 Å². The molecule has 0 bridgehead atoms. The second-order valence-electron chi connectivity index (χ2n) is 10.1. The maximum atomic E-state index is 4.82. The van der Waals surface area contributed by atoms with Crippen LogP contribution in [0.25, 0.3) is 10.9 Å². The lowest BCUT2D eigenvalue weighted by atomic mass is 9.94. The van der Waals surface area contributed by atoms with Crippen molar-refractivity contribution in [1.29, 1.82) is 0 Å². The van der Waals surface area contributed by atoms with E-state index in [0.29, 0.717) is 0 Å². The molecule has 6 heteroatoms. The highest BCUT2D eigenvalue weighted by atomic mass is 15.5. The van der Waals surface area contributed by atoms with Crippen LogP contribution in [0.2, 0.25) is 0 Å². The molecular formula is C26H41N6+. The molecule has 2 N–H and O–H groups in total. The Morgan fingerprint density at radius 2 is 1.84 bits per heavy atom. The Morgan fingerprint density at radius 3 is 2.59 bits per heavy atom. The lowest BCUT2D eigenvalue weighted by Crippen LogP contribution is -2.71. The molecule has 5 rings (SSSR count). The predicted octanol–water partition coefficient (Wildman–Crippen LogP) is 2.22. The first-order valence-electron chi connectivity index (χ1n) is 12.9. The van der Waals surface area contributed by atoms with E-state index in [1.807, 2.05) is 0 Å². The summed E-state index contributed by atoms with van der Waals surface area (Å²) in [5.74, 6) is 0. The Bertz CT molecular complexity index is 879. The molecule has 174 valence electrons. The fraction of sp³-hybridized carbons (Fsp3) is 0.654. The van der Waals surface area contributed by atoms with Crippen LogP contribution in [0.4, 0.5) is 0 Å². The van der Waals surface area contributed by atoms with Gasteiger partial charge in [-0.05, 0) is 45.0 Å². The zero-order valence-corrected chi connectivity index (χ0v) is 19.9. The van der Waals surface area contributed by atoms with E-state index in [-0.39, 0.29) is 5.66 Å². The predicted molar refractivity (Wildman–Crippen MR) is 132 cm³/mol. The molecule has 3 fully saturated rings. The molecule has 3 saturated heterocycles. The third-order valence-electron chi connectivity index (χ3n) is 8.41. The number of piperidine rings is 1. The highest BCUT2D eigenvalue weighted by Gasteiger charge is 2.44. The monoisotopic (exact) mass is 437 g/mol. The summed E-state index contributed by atoms with van der Waals surface area (Å²) in [6, 6.07) is 10.8. The molecule has 0 amide bonds. The number of hydrogen-bond donors (Lipinski definition) is 2. The molecule has 0 spiro atoms. The molecule has 4 heterocycles. The Balaban J connectivity index is 1.32. The Kier molecular flexibility index (Phi) is 6.76. The molecule has 32 heavy (non-hydrogen) atoms. The van der Waals surface area contributed by atoms with E-state index >= 15 is 0 Å². The van der Waals surface area contributed by atoms with Crippen LogP contribution in [-0.2, 0) is 5.66 Å². The van der Waals surface area contributed by atoms with Gasteiger partial charge in [-0.2, -0.15) is 0 Å². The minimum atomic E-state index is -0.161. The van der Waals surface area contributed by atoms with E-state index in [9.17, 15) is 0 Å². The number of quaternary nitrogens is 1. The third kappa shape index (κ3) is 4.44. The van der Waals surface area contributed by atoms with E-state index in [1.165, 1.54) is 80.5 Å². The number of aromatic nitrogens is 1. The van der Waals surface area contributed by atoms with E-state index in [1.54, 1.807) is 0 Å². The molecule has 2 aromatic rings. The normalized spacial score (nSPS) is 27.5. The summed E-state index contributed by atoms with van der Waals surface area (Å²) >= 11 is 0. The van der Waals surface area contributed by atoms with Crippen LogP contribution >= 0.6 is 0 Å². The number of likely N-dealkylation sites (tertiary alicyclic amines) is 1. The molecule has 1 unspecified atom stereocenters. The summed E-state index contributed by atoms with van der Waals surface area (Å²) in [6.07, 6.45) is 6.31. The SMILES string of the molecule is CC[N+]1(CCN2CCCCC2)CCN(C2(c3cnc4ccccc4c3)CNCCN2)CC1. The van der Waals surface area contributed by atoms with Crippen molar-refractivity contribution in [3.8, 4) is 0 Å². The average Bonchev–Trinajstić information content (AvgIpc) is 2.88. The number of nitrogens with one attached hydrogen (secondary N) is 2. The lowest BCUT2D eigenvalue weighted by Gasteiger charge is -2.53. The van der Waals surface area contributed by atoms with Gasteiger partial charge in [0.2, 0.25) is 0 Å². The molecule has 3 aliphatic heterocycles. The van der Waals surface area contributed by atoms with Crippen LogP contribution in [0.1, 0.15) is 31.7 Å². The smallest absolute Gasteiger partial charge is 0.112 e. The molecule has 0 saturated carbocycles. The van der Waals surface area contributed by atoms with Crippen molar-refractivity contribution in [3.05, 3.63) is 42.1 Å². The average molecular weight is 438 g/mol. The molecule has 1 aromatic carbocycles. The van der Waals surface area contributed by atoms with Gasteiger partial charge in [0.1, 0.15) is 5.66 Å². The van der Waals surface area contributed by atoms with Gasteiger partial charge in [-0.25, -0.2) is 0 Å². The fourth-order valence-corrected chi connectivity index (χ4v) is 6.10. The molecule has 0 aliphatic carbocycles. The number of hydrogen-bond acceptors (Lipinski definition) is 5. The Morgan fingerprint density at radius 1 is 1.03 bits per heavy atom. The quantitative estimate of drug-likeness (QED) is 0.679. The number of nitrogens with zero attached hydrogens (tertiary/aromatic N) is 4. The van der Waals surface area contributed by atoms with Crippen molar-refractivity contribution >= 4 is 10.9 Å². The Hall–Kier alpha value is -1.57. The summed E-state index contributed by atoms with van der Waals surface area (Å²) in [5, 5.41) is 8.83. The van der Waals surface area contributed by atoms with Crippen LogP contribution in [-0.4, -0.2) is 97.8 Å². The van der Waals surface area contributed by atoms with Crippen molar-refractivity contribution in [2.24, 2.45) is 0 Å². The van der Waals surface area contributed by atoms with Crippen LogP contribution in [0.15, 0.2) is 36.5 Å². The number of benzene rings is 1. The molecule has 6 nitrogen and oxygen atoms in total.